The first kappa shape index (κ1) is 21.1. The van der Waals surface area contributed by atoms with Crippen molar-refractivity contribution in [2.45, 2.75) is 54.7 Å². The van der Waals surface area contributed by atoms with Crippen LogP contribution >= 0.6 is 11.3 Å². The van der Waals surface area contributed by atoms with Gasteiger partial charge in [-0.05, 0) is 6.42 Å². The van der Waals surface area contributed by atoms with Gasteiger partial charge in [-0.25, -0.2) is 0 Å². The lowest BCUT2D eigenvalue weighted by Crippen LogP contribution is -2.21. The molecule has 0 unspecified atom stereocenters. The second-order valence-corrected chi connectivity index (χ2v) is 4.67. The van der Waals surface area contributed by atoms with E-state index in [1.807, 2.05) is 33.8 Å². The predicted molar refractivity (Wildman–Crippen MR) is 95.5 cm³/mol. The lowest BCUT2D eigenvalue weighted by molar-refractivity contribution is 0.984. The van der Waals surface area contributed by atoms with Crippen molar-refractivity contribution in [1.29, 1.82) is 0 Å². The SMILES string of the molecule is CB(C)c1ccccc1.CC.CC.CCc1nncs1. The number of hydrogen-bond acceptors (Lipinski definition) is 3. The molecular weight excluding hydrogens is 263 g/mol. The molecule has 1 aromatic heterocycles. The topological polar surface area (TPSA) is 25.8 Å². The largest absolute Gasteiger partial charge is 0.169 e. The molecule has 20 heavy (non-hydrogen) atoms. The van der Waals surface area contributed by atoms with Crippen LogP contribution in [0.3, 0.4) is 0 Å². The predicted octanol–water partition coefficient (Wildman–Crippen LogP) is 4.80. The molecule has 0 aliphatic heterocycles. The molecule has 0 amide bonds. The summed E-state index contributed by atoms with van der Waals surface area (Å²) in [5.74, 6) is 0. The second-order valence-electron chi connectivity index (χ2n) is 3.75. The standard InChI is InChI=1S/C8H11B.C4H6N2S.2C2H6/c1-9(2)8-6-4-3-5-7-8;1-2-4-6-5-3-7-4;2*1-2/h3-7H,1-2H3;3H,2H2,1H3;2*1-2H3. The normalized spacial score (nSPS) is 7.95. The molecule has 0 aliphatic rings. The maximum Gasteiger partial charge on any atom is 0.169 e. The van der Waals surface area contributed by atoms with Crippen LogP contribution in [0.25, 0.3) is 0 Å². The highest BCUT2D eigenvalue weighted by Gasteiger charge is 1.98. The third-order valence-electron chi connectivity index (χ3n) is 2.17. The summed E-state index contributed by atoms with van der Waals surface area (Å²) in [5, 5.41) is 8.58. The van der Waals surface area contributed by atoms with Gasteiger partial charge in [0.15, 0.2) is 6.71 Å². The Labute approximate surface area is 129 Å². The van der Waals surface area contributed by atoms with E-state index >= 15 is 0 Å². The summed E-state index contributed by atoms with van der Waals surface area (Å²) >= 11 is 1.60. The minimum absolute atomic E-state index is 0.659. The van der Waals surface area contributed by atoms with Crippen LogP contribution in [-0.4, -0.2) is 16.9 Å². The molecular formula is C16H29BN2S. The minimum atomic E-state index is 0.659. The van der Waals surface area contributed by atoms with Gasteiger partial charge < -0.3 is 0 Å². The van der Waals surface area contributed by atoms with Gasteiger partial charge in [-0.15, -0.1) is 21.5 Å². The molecule has 2 nitrogen and oxygen atoms in total. The van der Waals surface area contributed by atoms with Crippen molar-refractivity contribution in [2.75, 3.05) is 0 Å². The van der Waals surface area contributed by atoms with Crippen LogP contribution in [0, 0.1) is 0 Å². The Morgan fingerprint density at radius 2 is 1.55 bits per heavy atom. The van der Waals surface area contributed by atoms with E-state index in [2.05, 4.69) is 55.0 Å². The van der Waals surface area contributed by atoms with Gasteiger partial charge in [0.2, 0.25) is 0 Å². The molecule has 0 saturated carbocycles. The van der Waals surface area contributed by atoms with Crippen molar-refractivity contribution in [3.63, 3.8) is 0 Å². The zero-order valence-corrected chi connectivity index (χ0v) is 14.9. The van der Waals surface area contributed by atoms with Gasteiger partial charge in [0.05, 0.1) is 0 Å². The summed E-state index contributed by atoms with van der Waals surface area (Å²) in [6.45, 7) is 15.1. The highest BCUT2D eigenvalue weighted by atomic mass is 32.1. The highest BCUT2D eigenvalue weighted by molar-refractivity contribution is 7.09. The first-order valence-electron chi connectivity index (χ1n) is 7.54. The van der Waals surface area contributed by atoms with Gasteiger partial charge in [-0.1, -0.05) is 84.1 Å². The second kappa shape index (κ2) is 15.9. The lowest BCUT2D eigenvalue weighted by atomic mass is 9.49. The van der Waals surface area contributed by atoms with Crippen LogP contribution < -0.4 is 5.46 Å². The van der Waals surface area contributed by atoms with Crippen molar-refractivity contribution in [2.24, 2.45) is 0 Å². The quantitative estimate of drug-likeness (QED) is 0.743. The number of nitrogens with zero attached hydrogens (tertiary/aromatic N) is 2. The van der Waals surface area contributed by atoms with Crippen molar-refractivity contribution >= 4 is 23.5 Å². The molecule has 0 bridgehead atoms. The van der Waals surface area contributed by atoms with E-state index in [4.69, 9.17) is 0 Å². The molecule has 2 aromatic rings. The number of aryl methyl sites for hydroxylation is 1. The summed E-state index contributed by atoms with van der Waals surface area (Å²) in [4.78, 5) is 0. The maximum absolute atomic E-state index is 3.80. The summed E-state index contributed by atoms with van der Waals surface area (Å²) in [7, 11) is 0. The van der Waals surface area contributed by atoms with Crippen LogP contribution in [-0.2, 0) is 6.42 Å². The van der Waals surface area contributed by atoms with Crippen LogP contribution in [0.5, 0.6) is 0 Å². The van der Waals surface area contributed by atoms with Crippen LogP contribution in [0.15, 0.2) is 35.8 Å². The molecule has 0 aliphatic carbocycles. The zero-order valence-electron chi connectivity index (χ0n) is 14.1. The number of hydrogen-bond donors (Lipinski definition) is 0. The van der Waals surface area contributed by atoms with Crippen LogP contribution in [0.1, 0.15) is 39.6 Å². The molecule has 0 radical (unpaired) electrons. The molecule has 1 heterocycles. The van der Waals surface area contributed by atoms with Crippen molar-refractivity contribution in [1.82, 2.24) is 10.2 Å². The molecule has 112 valence electrons. The van der Waals surface area contributed by atoms with Crippen molar-refractivity contribution in [3.8, 4) is 0 Å². The Bertz CT molecular complexity index is 375. The van der Waals surface area contributed by atoms with E-state index < -0.39 is 0 Å². The highest BCUT2D eigenvalue weighted by Crippen LogP contribution is 1.99. The molecule has 0 atom stereocenters. The fourth-order valence-electron chi connectivity index (χ4n) is 1.19. The van der Waals surface area contributed by atoms with E-state index in [-0.39, 0.29) is 0 Å². The monoisotopic (exact) mass is 292 g/mol. The van der Waals surface area contributed by atoms with E-state index in [1.54, 1.807) is 16.8 Å². The summed E-state index contributed by atoms with van der Waals surface area (Å²) in [5.41, 5.74) is 3.16. The number of benzene rings is 1. The summed E-state index contributed by atoms with van der Waals surface area (Å²) in [6, 6.07) is 10.5. The van der Waals surface area contributed by atoms with Gasteiger partial charge in [0.25, 0.3) is 0 Å². The van der Waals surface area contributed by atoms with Gasteiger partial charge in [-0.3, -0.25) is 0 Å². The molecule has 0 N–H and O–H groups in total. The van der Waals surface area contributed by atoms with Crippen molar-refractivity contribution < 1.29 is 0 Å². The lowest BCUT2D eigenvalue weighted by Gasteiger charge is -1.98. The molecule has 1 aromatic carbocycles. The van der Waals surface area contributed by atoms with Gasteiger partial charge in [-0.2, -0.15) is 0 Å². The first-order chi connectivity index (χ1) is 9.74. The Hall–Kier alpha value is -1.16. The Kier molecular flexibility index (Phi) is 16.8. The zero-order chi connectivity index (χ0) is 15.8. The van der Waals surface area contributed by atoms with E-state index in [0.717, 1.165) is 11.4 Å². The Morgan fingerprint density at radius 3 is 1.80 bits per heavy atom. The fourth-order valence-corrected chi connectivity index (χ4v) is 1.66. The third-order valence-corrected chi connectivity index (χ3v) is 3.02. The average molecular weight is 292 g/mol. The number of aromatic nitrogens is 2. The Balaban J connectivity index is 0. The van der Waals surface area contributed by atoms with E-state index in [9.17, 15) is 0 Å². The minimum Gasteiger partial charge on any atom is -0.147 e. The van der Waals surface area contributed by atoms with Crippen molar-refractivity contribution in [3.05, 3.63) is 40.8 Å². The summed E-state index contributed by atoms with van der Waals surface area (Å²) in [6.07, 6.45) is 1.00. The maximum atomic E-state index is 3.80. The molecule has 2 rings (SSSR count). The van der Waals surface area contributed by atoms with E-state index in [0.29, 0.717) is 6.71 Å². The van der Waals surface area contributed by atoms with Gasteiger partial charge in [0, 0.05) is 0 Å². The molecule has 0 saturated heterocycles. The van der Waals surface area contributed by atoms with Gasteiger partial charge >= 0.3 is 0 Å². The molecule has 4 heteroatoms. The summed E-state index contributed by atoms with van der Waals surface area (Å²) < 4.78 is 0. The smallest absolute Gasteiger partial charge is 0.147 e. The third kappa shape index (κ3) is 10.7. The van der Waals surface area contributed by atoms with Gasteiger partial charge in [0.1, 0.15) is 10.5 Å². The fraction of sp³-hybridized carbons (Fsp3) is 0.500. The molecule has 0 spiro atoms. The van der Waals surface area contributed by atoms with Crippen LogP contribution in [0.4, 0.5) is 0 Å². The van der Waals surface area contributed by atoms with Crippen LogP contribution in [0.2, 0.25) is 13.6 Å². The average Bonchev–Trinajstić information content (AvgIpc) is 3.06. The first-order valence-corrected chi connectivity index (χ1v) is 8.42. The molecule has 0 fully saturated rings. The Morgan fingerprint density at radius 1 is 1.00 bits per heavy atom. The number of rotatable bonds is 2. The van der Waals surface area contributed by atoms with E-state index in [1.165, 1.54) is 5.46 Å².